The van der Waals surface area contributed by atoms with Crippen molar-refractivity contribution in [1.29, 1.82) is 0 Å². The van der Waals surface area contributed by atoms with E-state index in [4.69, 9.17) is 27.6 Å². The van der Waals surface area contributed by atoms with Crippen LogP contribution in [0.2, 0.25) is 10.0 Å². The molecule has 0 saturated carbocycles. The van der Waals surface area contributed by atoms with E-state index in [1.165, 1.54) is 12.4 Å². The van der Waals surface area contributed by atoms with E-state index in [0.717, 1.165) is 0 Å². The van der Waals surface area contributed by atoms with Crippen molar-refractivity contribution in [1.82, 2.24) is 15.3 Å². The maximum Gasteiger partial charge on any atom is 0.270 e. The summed E-state index contributed by atoms with van der Waals surface area (Å²) in [6, 6.07) is 10.1. The highest BCUT2D eigenvalue weighted by Gasteiger charge is 2.10. The van der Waals surface area contributed by atoms with E-state index in [2.05, 4.69) is 20.6 Å². The van der Waals surface area contributed by atoms with Gasteiger partial charge in [0.05, 0.1) is 23.5 Å². The summed E-state index contributed by atoms with van der Waals surface area (Å²) in [7, 11) is 0. The SMILES string of the molecule is O=C(NCc1ccco1)c1cc(Nc2cc(Cl)ccc2Cl)ncn1. The largest absolute Gasteiger partial charge is 0.467 e. The third-order valence-corrected chi connectivity index (χ3v) is 3.66. The van der Waals surface area contributed by atoms with Gasteiger partial charge in [-0.05, 0) is 30.3 Å². The number of aromatic nitrogens is 2. The summed E-state index contributed by atoms with van der Waals surface area (Å²) >= 11 is 12.1. The van der Waals surface area contributed by atoms with Gasteiger partial charge in [-0.2, -0.15) is 0 Å². The Bertz CT molecular complexity index is 853. The lowest BCUT2D eigenvalue weighted by molar-refractivity contribution is 0.0943. The Kier molecular flexibility index (Phi) is 4.98. The van der Waals surface area contributed by atoms with Crippen molar-refractivity contribution in [2.24, 2.45) is 0 Å². The molecule has 2 heterocycles. The van der Waals surface area contributed by atoms with E-state index in [9.17, 15) is 4.79 Å². The van der Waals surface area contributed by atoms with Crippen molar-refractivity contribution in [2.45, 2.75) is 6.54 Å². The molecular weight excluding hydrogens is 351 g/mol. The minimum absolute atomic E-state index is 0.220. The summed E-state index contributed by atoms with van der Waals surface area (Å²) in [4.78, 5) is 20.2. The van der Waals surface area contributed by atoms with Crippen molar-refractivity contribution in [3.8, 4) is 0 Å². The van der Waals surface area contributed by atoms with E-state index in [1.807, 2.05) is 0 Å². The molecule has 0 unspecified atom stereocenters. The van der Waals surface area contributed by atoms with Crippen LogP contribution in [0.4, 0.5) is 11.5 Å². The van der Waals surface area contributed by atoms with Crippen LogP contribution in [0.1, 0.15) is 16.2 Å². The predicted molar refractivity (Wildman–Crippen MR) is 91.7 cm³/mol. The molecular formula is C16H12Cl2N4O2. The number of furan rings is 1. The van der Waals surface area contributed by atoms with Gasteiger partial charge in [-0.15, -0.1) is 0 Å². The number of hydrogen-bond acceptors (Lipinski definition) is 5. The second-order valence-corrected chi connectivity index (χ2v) is 5.64. The quantitative estimate of drug-likeness (QED) is 0.715. The van der Waals surface area contributed by atoms with Crippen LogP contribution < -0.4 is 10.6 Å². The van der Waals surface area contributed by atoms with Gasteiger partial charge in [0.1, 0.15) is 23.6 Å². The maximum atomic E-state index is 12.1. The number of carbonyl (C=O) groups is 1. The highest BCUT2D eigenvalue weighted by atomic mass is 35.5. The zero-order valence-corrected chi connectivity index (χ0v) is 13.8. The Hall–Kier alpha value is -2.57. The molecule has 6 nitrogen and oxygen atoms in total. The molecule has 3 rings (SSSR count). The van der Waals surface area contributed by atoms with E-state index >= 15 is 0 Å². The van der Waals surface area contributed by atoms with Crippen LogP contribution in [0, 0.1) is 0 Å². The molecule has 8 heteroatoms. The minimum Gasteiger partial charge on any atom is -0.467 e. The number of benzene rings is 1. The van der Waals surface area contributed by atoms with Crippen LogP contribution in [0.5, 0.6) is 0 Å². The molecule has 0 fully saturated rings. The zero-order chi connectivity index (χ0) is 16.9. The van der Waals surface area contributed by atoms with E-state index < -0.39 is 0 Å². The average Bonchev–Trinajstić information content (AvgIpc) is 3.10. The second-order valence-electron chi connectivity index (χ2n) is 4.80. The smallest absolute Gasteiger partial charge is 0.270 e. The number of nitrogens with zero attached hydrogens (tertiary/aromatic N) is 2. The normalized spacial score (nSPS) is 10.4. The Balaban J connectivity index is 1.71. The molecule has 24 heavy (non-hydrogen) atoms. The van der Waals surface area contributed by atoms with Gasteiger partial charge in [0.25, 0.3) is 5.91 Å². The van der Waals surface area contributed by atoms with Gasteiger partial charge < -0.3 is 15.1 Å². The fraction of sp³-hybridized carbons (Fsp3) is 0.0625. The minimum atomic E-state index is -0.339. The number of rotatable bonds is 5. The summed E-state index contributed by atoms with van der Waals surface area (Å²) in [5.41, 5.74) is 0.807. The van der Waals surface area contributed by atoms with Crippen molar-refractivity contribution in [2.75, 3.05) is 5.32 Å². The number of halogens is 2. The fourth-order valence-corrected chi connectivity index (χ4v) is 2.29. The number of hydrogen-bond donors (Lipinski definition) is 2. The number of carbonyl (C=O) groups excluding carboxylic acids is 1. The summed E-state index contributed by atoms with van der Waals surface area (Å²) in [5, 5.41) is 6.75. The topological polar surface area (TPSA) is 80.0 Å². The molecule has 0 atom stereocenters. The predicted octanol–water partition coefficient (Wildman–Crippen LogP) is 4.05. The standard InChI is InChI=1S/C16H12Cl2N4O2/c17-10-3-4-12(18)13(6-10)22-15-7-14(20-9-21-15)16(23)19-8-11-2-1-5-24-11/h1-7,9H,8H2,(H,19,23)(H,20,21,22). The van der Waals surface area contributed by atoms with Gasteiger partial charge in [0.15, 0.2) is 0 Å². The monoisotopic (exact) mass is 362 g/mol. The number of nitrogens with one attached hydrogen (secondary N) is 2. The highest BCUT2D eigenvalue weighted by Crippen LogP contribution is 2.27. The third-order valence-electron chi connectivity index (χ3n) is 3.09. The van der Waals surface area contributed by atoms with Crippen molar-refractivity contribution >= 4 is 40.6 Å². The van der Waals surface area contributed by atoms with Crippen LogP contribution in [0.25, 0.3) is 0 Å². The molecule has 2 N–H and O–H groups in total. The second kappa shape index (κ2) is 7.33. The molecule has 0 bridgehead atoms. The Morgan fingerprint density at radius 2 is 2.04 bits per heavy atom. The third kappa shape index (κ3) is 4.04. The number of amides is 1. The van der Waals surface area contributed by atoms with Crippen LogP contribution >= 0.6 is 23.2 Å². The van der Waals surface area contributed by atoms with E-state index in [-0.39, 0.29) is 18.1 Å². The molecule has 2 aromatic heterocycles. The average molecular weight is 363 g/mol. The molecule has 0 radical (unpaired) electrons. The zero-order valence-electron chi connectivity index (χ0n) is 12.3. The van der Waals surface area contributed by atoms with Crippen LogP contribution in [-0.2, 0) is 6.54 Å². The Morgan fingerprint density at radius 3 is 2.83 bits per heavy atom. The van der Waals surface area contributed by atoms with Crippen LogP contribution in [0.3, 0.4) is 0 Å². The lowest BCUT2D eigenvalue weighted by Crippen LogP contribution is -2.23. The molecule has 3 aromatic rings. The van der Waals surface area contributed by atoms with Gasteiger partial charge in [-0.25, -0.2) is 9.97 Å². The molecule has 0 aliphatic heterocycles. The van der Waals surface area contributed by atoms with E-state index in [0.29, 0.717) is 27.3 Å². The van der Waals surface area contributed by atoms with Crippen LogP contribution in [0.15, 0.2) is 53.4 Å². The first-order chi connectivity index (χ1) is 11.6. The molecule has 0 aliphatic rings. The van der Waals surface area contributed by atoms with Gasteiger partial charge >= 0.3 is 0 Å². The van der Waals surface area contributed by atoms with E-state index in [1.54, 1.807) is 36.6 Å². The maximum absolute atomic E-state index is 12.1. The summed E-state index contributed by atoms with van der Waals surface area (Å²) in [6.07, 6.45) is 2.84. The summed E-state index contributed by atoms with van der Waals surface area (Å²) < 4.78 is 5.16. The molecule has 0 saturated heterocycles. The van der Waals surface area contributed by atoms with Crippen molar-refractivity contribution < 1.29 is 9.21 Å². The van der Waals surface area contributed by atoms with Gasteiger partial charge in [-0.1, -0.05) is 23.2 Å². The first-order valence-electron chi connectivity index (χ1n) is 6.96. The summed E-state index contributed by atoms with van der Waals surface area (Å²) in [6.45, 7) is 0.277. The highest BCUT2D eigenvalue weighted by molar-refractivity contribution is 6.35. The van der Waals surface area contributed by atoms with Gasteiger partial charge in [0, 0.05) is 11.1 Å². The first kappa shape index (κ1) is 16.3. The molecule has 0 aliphatic carbocycles. The lowest BCUT2D eigenvalue weighted by Gasteiger charge is -2.09. The van der Waals surface area contributed by atoms with Crippen LogP contribution in [-0.4, -0.2) is 15.9 Å². The van der Waals surface area contributed by atoms with Gasteiger partial charge in [-0.3, -0.25) is 4.79 Å². The first-order valence-corrected chi connectivity index (χ1v) is 7.72. The Labute approximate surface area is 147 Å². The molecule has 0 spiro atoms. The van der Waals surface area contributed by atoms with Crippen molar-refractivity contribution in [3.05, 3.63) is 70.5 Å². The molecule has 1 amide bonds. The molecule has 1 aromatic carbocycles. The summed E-state index contributed by atoms with van der Waals surface area (Å²) in [5.74, 6) is 0.743. The fourth-order valence-electron chi connectivity index (χ4n) is 1.95. The molecule has 122 valence electrons. The Morgan fingerprint density at radius 1 is 1.17 bits per heavy atom. The lowest BCUT2D eigenvalue weighted by atomic mass is 10.3. The number of anilines is 2. The van der Waals surface area contributed by atoms with Gasteiger partial charge in [0.2, 0.25) is 0 Å². The van der Waals surface area contributed by atoms with Crippen molar-refractivity contribution in [3.63, 3.8) is 0 Å².